The maximum absolute atomic E-state index is 15.0. The Morgan fingerprint density at radius 3 is 2.12 bits per heavy atom. The van der Waals surface area contributed by atoms with Crippen LogP contribution in [0.25, 0.3) is 33.3 Å². The quantitative estimate of drug-likeness (QED) is 0.161. The van der Waals surface area contributed by atoms with Gasteiger partial charge in [-0.3, -0.25) is 4.79 Å². The average Bonchev–Trinajstić information content (AvgIpc) is 3.45. The van der Waals surface area contributed by atoms with Crippen molar-refractivity contribution in [3.8, 4) is 34.5 Å². The van der Waals surface area contributed by atoms with Crippen LogP contribution in [-0.4, -0.2) is 25.5 Å². The molecule has 242 valence electrons. The highest BCUT2D eigenvalue weighted by Gasteiger charge is 2.32. The molecule has 11 heteroatoms. The van der Waals surface area contributed by atoms with Gasteiger partial charge < -0.3 is 4.74 Å². The molecule has 0 N–H and O–H groups in total. The van der Waals surface area contributed by atoms with Gasteiger partial charge in [-0.2, -0.15) is 10.5 Å². The van der Waals surface area contributed by atoms with Gasteiger partial charge in [-0.25, -0.2) is 25.6 Å². The molecule has 0 bridgehead atoms. The minimum Gasteiger partial charge on any atom is -0.469 e. The number of carbonyl (C=O) groups excluding carboxylic acids is 1. The van der Waals surface area contributed by atoms with Gasteiger partial charge in [0.2, 0.25) is 0 Å². The maximum Gasteiger partial charge on any atom is 0.308 e. The predicted octanol–water partition coefficient (Wildman–Crippen LogP) is 8.48. The first-order chi connectivity index (χ1) is 23.1. The lowest BCUT2D eigenvalue weighted by Crippen LogP contribution is -2.22. The van der Waals surface area contributed by atoms with Crippen LogP contribution >= 0.6 is 0 Å². The van der Waals surface area contributed by atoms with E-state index in [2.05, 4.69) is 12.1 Å². The van der Waals surface area contributed by atoms with Crippen molar-refractivity contribution in [3.05, 3.63) is 113 Å². The van der Waals surface area contributed by atoms with Gasteiger partial charge in [0.15, 0.2) is 0 Å². The third-order valence-corrected chi connectivity index (χ3v) is 10.7. The van der Waals surface area contributed by atoms with E-state index in [9.17, 15) is 32.5 Å². The molecule has 1 aromatic heterocycles. The molecule has 0 radical (unpaired) electrons. The number of esters is 1. The fourth-order valence-electron chi connectivity index (χ4n) is 6.67. The summed E-state index contributed by atoms with van der Waals surface area (Å²) in [7, 11) is -3.19. The molecule has 1 heterocycles. The van der Waals surface area contributed by atoms with Crippen molar-refractivity contribution >= 4 is 26.9 Å². The summed E-state index contributed by atoms with van der Waals surface area (Å²) in [5.74, 6) is -1.08. The first-order valence-electron chi connectivity index (χ1n) is 15.2. The summed E-state index contributed by atoms with van der Waals surface area (Å²) in [4.78, 5) is 11.9. The normalized spacial score (nSPS) is 16.4. The molecule has 0 unspecified atom stereocenters. The number of nitrogens with zero attached hydrogens (tertiary/aromatic N) is 3. The number of alkyl halides is 2. The van der Waals surface area contributed by atoms with E-state index in [-0.39, 0.29) is 67.1 Å². The summed E-state index contributed by atoms with van der Waals surface area (Å²) in [6.07, 6.45) is -0.187. The molecule has 0 spiro atoms. The maximum atomic E-state index is 15.0. The number of hydrogen-bond donors (Lipinski definition) is 0. The molecule has 0 aliphatic heterocycles. The zero-order chi connectivity index (χ0) is 34.2. The van der Waals surface area contributed by atoms with E-state index in [1.807, 2.05) is 12.1 Å². The van der Waals surface area contributed by atoms with E-state index >= 15 is 4.39 Å². The Morgan fingerprint density at radius 2 is 1.52 bits per heavy atom. The molecule has 0 amide bonds. The predicted molar refractivity (Wildman–Crippen MR) is 173 cm³/mol. The summed E-state index contributed by atoms with van der Waals surface area (Å²) in [6, 6.07) is 23.8. The summed E-state index contributed by atoms with van der Waals surface area (Å²) in [5, 5.41) is 20.4. The third kappa shape index (κ3) is 5.71. The van der Waals surface area contributed by atoms with Gasteiger partial charge >= 0.3 is 5.97 Å². The van der Waals surface area contributed by atoms with Crippen molar-refractivity contribution in [2.45, 2.75) is 42.9 Å². The average molecular weight is 668 g/mol. The molecule has 1 aliphatic rings. The van der Waals surface area contributed by atoms with Crippen molar-refractivity contribution in [3.63, 3.8) is 0 Å². The van der Waals surface area contributed by atoms with Crippen molar-refractivity contribution in [2.75, 3.05) is 7.11 Å². The van der Waals surface area contributed by atoms with E-state index in [1.54, 1.807) is 12.1 Å². The lowest BCUT2D eigenvalue weighted by molar-refractivity contribution is -0.146. The van der Waals surface area contributed by atoms with Crippen molar-refractivity contribution in [1.29, 1.82) is 10.5 Å². The highest BCUT2D eigenvalue weighted by Crippen LogP contribution is 2.46. The molecule has 4 aromatic carbocycles. The van der Waals surface area contributed by atoms with Crippen LogP contribution in [-0.2, 0) is 19.6 Å². The number of halogens is 3. The van der Waals surface area contributed by atoms with Gasteiger partial charge in [0.05, 0.1) is 52.4 Å². The van der Waals surface area contributed by atoms with Crippen LogP contribution in [0.4, 0.5) is 13.2 Å². The lowest BCUT2D eigenvalue weighted by Gasteiger charge is -2.27. The van der Waals surface area contributed by atoms with Crippen LogP contribution in [0.5, 0.6) is 0 Å². The number of rotatable bonds is 7. The number of hydrogen-bond acceptors (Lipinski definition) is 6. The molecule has 0 atom stereocenters. The molecular weight excluding hydrogens is 639 g/mol. The second kappa shape index (κ2) is 13.0. The Hall–Kier alpha value is -5.39. The number of nitriles is 2. The molecule has 0 saturated heterocycles. The van der Waals surface area contributed by atoms with E-state index in [0.717, 1.165) is 45.9 Å². The molecule has 5 aromatic rings. The Labute approximate surface area is 275 Å². The number of fused-ring (bicyclic) bond motifs is 1. The Morgan fingerprint density at radius 1 is 0.875 bits per heavy atom. The summed E-state index contributed by atoms with van der Waals surface area (Å²) >= 11 is 0. The largest absolute Gasteiger partial charge is 0.469 e. The Balaban J connectivity index is 1.66. The van der Waals surface area contributed by atoms with Crippen LogP contribution in [0.1, 0.15) is 60.3 Å². The smallest absolute Gasteiger partial charge is 0.308 e. The van der Waals surface area contributed by atoms with Crippen molar-refractivity contribution in [1.82, 2.24) is 3.97 Å². The van der Waals surface area contributed by atoms with Crippen LogP contribution in [0.2, 0.25) is 0 Å². The standard InChI is InChI=1S/C37H28F3N3O4S/c1-47-37(44)24-10-8-22(9-11-24)25-4-2-5-26(18-25)35-34(33-27(20-41)6-3-7-28(33)21-42)31-19-29(38)14-17-32(31)43(35)48(45,46)30-15-12-23(13-16-30)36(39)40/h2-7,12-19,22,24,36H,8-11H2,1H3/t22-,24+. The Bertz CT molecular complexity index is 2210. The Kier molecular flexibility index (Phi) is 8.83. The van der Waals surface area contributed by atoms with E-state index in [4.69, 9.17) is 4.74 Å². The number of carbonyl (C=O) groups is 1. The van der Waals surface area contributed by atoms with Gasteiger partial charge in [0, 0.05) is 27.6 Å². The molecule has 48 heavy (non-hydrogen) atoms. The van der Waals surface area contributed by atoms with Crippen LogP contribution < -0.4 is 0 Å². The molecule has 6 rings (SSSR count). The monoisotopic (exact) mass is 667 g/mol. The summed E-state index contributed by atoms with van der Waals surface area (Å²) < 4.78 is 76.9. The lowest BCUT2D eigenvalue weighted by atomic mass is 9.78. The third-order valence-electron chi connectivity index (χ3n) is 9.01. The van der Waals surface area contributed by atoms with Crippen LogP contribution in [0.3, 0.4) is 0 Å². The van der Waals surface area contributed by atoms with Crippen molar-refractivity contribution in [2.24, 2.45) is 5.92 Å². The van der Waals surface area contributed by atoms with E-state index in [1.165, 1.54) is 31.4 Å². The second-order valence-electron chi connectivity index (χ2n) is 11.7. The summed E-state index contributed by atoms with van der Waals surface area (Å²) in [5.41, 5.74) is 1.56. The number of methoxy groups -OCH3 is 1. The van der Waals surface area contributed by atoms with Gasteiger partial charge in [-0.1, -0.05) is 36.4 Å². The van der Waals surface area contributed by atoms with E-state index < -0.39 is 22.3 Å². The minimum absolute atomic E-state index is 0.0455. The fourth-order valence-corrected chi connectivity index (χ4v) is 8.21. The number of ether oxygens (including phenoxy) is 1. The fraction of sp³-hybridized carbons (Fsp3) is 0.216. The van der Waals surface area contributed by atoms with Crippen LogP contribution in [0.15, 0.2) is 89.8 Å². The van der Waals surface area contributed by atoms with Crippen molar-refractivity contribution < 1.29 is 31.1 Å². The first kappa shape index (κ1) is 32.5. The topological polar surface area (TPSA) is 113 Å². The zero-order valence-electron chi connectivity index (χ0n) is 25.7. The van der Waals surface area contributed by atoms with Crippen LogP contribution in [0, 0.1) is 34.4 Å². The van der Waals surface area contributed by atoms with Gasteiger partial charge in [0.25, 0.3) is 16.4 Å². The van der Waals surface area contributed by atoms with Gasteiger partial charge in [-0.05, 0) is 85.7 Å². The molecule has 7 nitrogen and oxygen atoms in total. The molecule has 1 fully saturated rings. The number of aromatic nitrogens is 1. The zero-order valence-corrected chi connectivity index (χ0v) is 26.5. The minimum atomic E-state index is -4.55. The second-order valence-corrected chi connectivity index (χ2v) is 13.5. The highest BCUT2D eigenvalue weighted by molar-refractivity contribution is 7.90. The number of benzene rings is 4. The summed E-state index contributed by atoms with van der Waals surface area (Å²) in [6.45, 7) is 0. The molecule has 1 saturated carbocycles. The molecule has 1 aliphatic carbocycles. The van der Waals surface area contributed by atoms with E-state index in [0.29, 0.717) is 31.2 Å². The highest BCUT2D eigenvalue weighted by atomic mass is 32.2. The SMILES string of the molecule is COC(=O)[C@H]1CC[C@@H](c2cccc(-c3c(-c4c(C#N)cccc4C#N)c4cc(F)ccc4n3S(=O)(=O)c3ccc(C(F)F)cc3)c2)CC1. The molecular formula is C37H28F3N3O4S. The van der Waals surface area contributed by atoms with Gasteiger partial charge in [0.1, 0.15) is 5.82 Å². The van der Waals surface area contributed by atoms with Gasteiger partial charge in [-0.15, -0.1) is 0 Å². The first-order valence-corrected chi connectivity index (χ1v) is 16.6.